The predicted molar refractivity (Wildman–Crippen MR) is 40.9 cm³/mol. The minimum Gasteiger partial charge on any atom is -0.465 e. The Morgan fingerprint density at radius 2 is 1.70 bits per heavy atom. The largest absolute Gasteiger partial charge is 0.465 e. The molecule has 58 valence electrons. The Morgan fingerprint density at radius 1 is 1.50 bits per heavy atom. The molecule has 0 aromatic rings. The van der Waals surface area contributed by atoms with Gasteiger partial charge in [-0.15, -0.1) is 0 Å². The van der Waals surface area contributed by atoms with Crippen molar-refractivity contribution in [3.05, 3.63) is 0 Å². The zero-order valence-electron chi connectivity index (χ0n) is 6.46. The van der Waals surface area contributed by atoms with Gasteiger partial charge in [-0.3, -0.25) is 0 Å². The van der Waals surface area contributed by atoms with Gasteiger partial charge in [0, 0.05) is 19.5 Å². The number of thioether (sulfide) groups is 1. The quantitative estimate of drug-likeness (QED) is 0.686. The third-order valence-corrected chi connectivity index (χ3v) is 1.22. The number of amides is 1. The Balaban J connectivity index is -0.0000000910. The van der Waals surface area contributed by atoms with Crippen molar-refractivity contribution in [2.75, 3.05) is 11.5 Å². The molecular formula is C5H13NO2SZn. The first kappa shape index (κ1) is 16.7. The topological polar surface area (TPSA) is 63.3 Å². The van der Waals surface area contributed by atoms with Crippen LogP contribution in [0.5, 0.6) is 0 Å². The second-order valence-electron chi connectivity index (χ2n) is 1.12. The zero-order valence-corrected chi connectivity index (χ0v) is 10.2. The number of rotatable bonds is 2. The molecule has 0 aromatic heterocycles. The number of primary amides is 1. The van der Waals surface area contributed by atoms with Gasteiger partial charge in [-0.25, -0.2) is 4.79 Å². The van der Waals surface area contributed by atoms with E-state index in [1.165, 1.54) is 11.5 Å². The number of hydrogen-bond donors (Lipinski definition) is 2. The average Bonchev–Trinajstić information content (AvgIpc) is 1.66. The molecule has 0 heterocycles. The second-order valence-corrected chi connectivity index (χ2v) is 2.68. The van der Waals surface area contributed by atoms with E-state index in [4.69, 9.17) is 9.90 Å². The minimum atomic E-state index is -1.33. The fraction of sp³-hybridized carbons (Fsp3) is 0.800. The molecule has 0 aromatic carbocycles. The summed E-state index contributed by atoms with van der Waals surface area (Å²) < 4.78 is 0. The van der Waals surface area contributed by atoms with E-state index < -0.39 is 6.09 Å². The van der Waals surface area contributed by atoms with Crippen molar-refractivity contribution in [2.45, 2.75) is 13.8 Å². The van der Waals surface area contributed by atoms with Gasteiger partial charge in [0.1, 0.15) is 0 Å². The van der Waals surface area contributed by atoms with Crippen molar-refractivity contribution < 1.29 is 29.4 Å². The molecule has 0 fully saturated rings. The van der Waals surface area contributed by atoms with Crippen LogP contribution in [-0.2, 0) is 19.5 Å². The molecular weight excluding hydrogens is 204 g/mol. The van der Waals surface area contributed by atoms with Crippen LogP contribution in [0.15, 0.2) is 0 Å². The smallest absolute Gasteiger partial charge is 0.402 e. The van der Waals surface area contributed by atoms with Crippen LogP contribution < -0.4 is 5.73 Å². The van der Waals surface area contributed by atoms with Crippen molar-refractivity contribution in [3.8, 4) is 0 Å². The monoisotopic (exact) mass is 215 g/mol. The Kier molecular flexibility index (Phi) is 26.9. The summed E-state index contributed by atoms with van der Waals surface area (Å²) in [5.41, 5.74) is 4.03. The molecule has 3 N–H and O–H groups in total. The molecule has 0 atom stereocenters. The van der Waals surface area contributed by atoms with E-state index in [1.54, 1.807) is 0 Å². The van der Waals surface area contributed by atoms with Gasteiger partial charge in [0.05, 0.1) is 0 Å². The van der Waals surface area contributed by atoms with Crippen LogP contribution in [-0.4, -0.2) is 22.7 Å². The summed E-state index contributed by atoms with van der Waals surface area (Å²) in [7, 11) is 0. The Labute approximate surface area is 78.5 Å². The Bertz CT molecular complexity index is 66.7. The normalized spacial score (nSPS) is 6.60. The molecule has 0 rings (SSSR count). The molecule has 10 heavy (non-hydrogen) atoms. The molecule has 0 spiro atoms. The summed E-state index contributed by atoms with van der Waals surface area (Å²) >= 11 is 1.96. The van der Waals surface area contributed by atoms with E-state index in [2.05, 4.69) is 19.6 Å². The zero-order chi connectivity index (χ0) is 7.70. The first-order chi connectivity index (χ1) is 4.15. The van der Waals surface area contributed by atoms with Crippen LogP contribution in [0.3, 0.4) is 0 Å². The fourth-order valence-corrected chi connectivity index (χ4v) is 0.612. The summed E-state index contributed by atoms with van der Waals surface area (Å²) in [6, 6.07) is 0. The Hall–Kier alpha value is 0.243. The van der Waals surface area contributed by atoms with Gasteiger partial charge in [-0.2, -0.15) is 11.8 Å². The molecule has 0 radical (unpaired) electrons. The van der Waals surface area contributed by atoms with Gasteiger partial charge in [0.15, 0.2) is 0 Å². The van der Waals surface area contributed by atoms with E-state index in [-0.39, 0.29) is 19.5 Å². The van der Waals surface area contributed by atoms with Gasteiger partial charge in [-0.05, 0) is 11.5 Å². The number of nitrogens with two attached hydrogens (primary N) is 1. The second kappa shape index (κ2) is 16.1. The van der Waals surface area contributed by atoms with Crippen LogP contribution in [0.1, 0.15) is 13.8 Å². The van der Waals surface area contributed by atoms with Crippen molar-refractivity contribution in [1.82, 2.24) is 0 Å². The predicted octanol–water partition coefficient (Wildman–Crippen LogP) is 1.38. The van der Waals surface area contributed by atoms with E-state index in [0.29, 0.717) is 0 Å². The van der Waals surface area contributed by atoms with Crippen molar-refractivity contribution in [3.63, 3.8) is 0 Å². The van der Waals surface area contributed by atoms with Crippen molar-refractivity contribution in [2.24, 2.45) is 5.73 Å². The molecule has 0 aliphatic carbocycles. The third-order valence-electron chi connectivity index (χ3n) is 0.408. The summed E-state index contributed by atoms with van der Waals surface area (Å²) in [6.07, 6.45) is -1.33. The standard InChI is InChI=1S/C4H10S.CH3NO2.Zn/c1-3-5-4-2;2-1(3)4;/h3-4H2,1-2H3;2H2,(H,3,4);. The number of carboxylic acid groups (broad SMARTS) is 1. The van der Waals surface area contributed by atoms with Crippen LogP contribution in [0.2, 0.25) is 0 Å². The number of carbonyl (C=O) groups is 1. The van der Waals surface area contributed by atoms with Gasteiger partial charge >= 0.3 is 6.09 Å². The van der Waals surface area contributed by atoms with Crippen LogP contribution >= 0.6 is 11.8 Å². The Morgan fingerprint density at radius 3 is 1.70 bits per heavy atom. The molecule has 5 heteroatoms. The average molecular weight is 217 g/mol. The summed E-state index contributed by atoms with van der Waals surface area (Å²) in [6.45, 7) is 4.35. The maximum absolute atomic E-state index is 8.78. The summed E-state index contributed by atoms with van der Waals surface area (Å²) in [4.78, 5) is 8.78. The summed E-state index contributed by atoms with van der Waals surface area (Å²) in [5, 5.41) is 7.19. The van der Waals surface area contributed by atoms with Crippen molar-refractivity contribution >= 4 is 17.9 Å². The molecule has 1 amide bonds. The molecule has 0 aliphatic rings. The van der Waals surface area contributed by atoms with E-state index in [0.717, 1.165) is 0 Å². The van der Waals surface area contributed by atoms with Gasteiger partial charge in [-0.1, -0.05) is 13.8 Å². The maximum Gasteiger partial charge on any atom is 0.402 e. The molecule has 0 unspecified atom stereocenters. The molecule has 0 bridgehead atoms. The van der Waals surface area contributed by atoms with Crippen molar-refractivity contribution in [1.29, 1.82) is 0 Å². The maximum atomic E-state index is 8.78. The SMILES string of the molecule is CCSCC.NC(=O)O.[Zn]. The van der Waals surface area contributed by atoms with Gasteiger partial charge in [0.2, 0.25) is 0 Å². The first-order valence-corrected chi connectivity index (χ1v) is 3.86. The minimum absolute atomic E-state index is 0. The molecule has 0 aliphatic heterocycles. The van der Waals surface area contributed by atoms with Gasteiger partial charge < -0.3 is 10.8 Å². The molecule has 0 saturated carbocycles. The van der Waals surface area contributed by atoms with Crippen LogP contribution in [0, 0.1) is 0 Å². The fourth-order valence-electron chi connectivity index (χ4n) is 0.204. The van der Waals surface area contributed by atoms with Gasteiger partial charge in [0.25, 0.3) is 0 Å². The number of hydrogen-bond acceptors (Lipinski definition) is 2. The van der Waals surface area contributed by atoms with Crippen LogP contribution in [0.25, 0.3) is 0 Å². The van der Waals surface area contributed by atoms with E-state index in [9.17, 15) is 0 Å². The van der Waals surface area contributed by atoms with Crippen LogP contribution in [0.4, 0.5) is 4.79 Å². The third kappa shape index (κ3) is 85.9. The van der Waals surface area contributed by atoms with E-state index >= 15 is 0 Å². The first-order valence-electron chi connectivity index (χ1n) is 2.71. The molecule has 0 saturated heterocycles. The summed E-state index contributed by atoms with van der Waals surface area (Å²) in [5.74, 6) is 2.52. The molecule has 3 nitrogen and oxygen atoms in total. The van der Waals surface area contributed by atoms with E-state index in [1.807, 2.05) is 11.8 Å².